The molecule has 1 aliphatic rings. The summed E-state index contributed by atoms with van der Waals surface area (Å²) in [5, 5.41) is 6.99. The molecule has 2 N–H and O–H groups in total. The average molecular weight is 323 g/mol. The van der Waals surface area contributed by atoms with E-state index in [0.29, 0.717) is 11.6 Å². The summed E-state index contributed by atoms with van der Waals surface area (Å²) in [6.07, 6.45) is 5.67. The minimum atomic E-state index is 0.0647. The number of H-pyrrole nitrogens is 2. The fourth-order valence-electron chi connectivity index (χ4n) is 2.57. The van der Waals surface area contributed by atoms with Gasteiger partial charge in [-0.3, -0.25) is 9.89 Å². The van der Waals surface area contributed by atoms with Gasteiger partial charge in [-0.15, -0.1) is 0 Å². The smallest absolute Gasteiger partial charge is 0.270 e. The Morgan fingerprint density at radius 3 is 3.11 bits per heavy atom. The zero-order chi connectivity index (χ0) is 13.2. The molecule has 1 fully saturated rings. The maximum absolute atomic E-state index is 12.4. The van der Waals surface area contributed by atoms with E-state index in [-0.39, 0.29) is 5.91 Å². The zero-order valence-corrected chi connectivity index (χ0v) is 12.0. The molecule has 1 unspecified atom stereocenters. The number of aromatic nitrogens is 3. The summed E-state index contributed by atoms with van der Waals surface area (Å²) in [5.74, 6) is 0.425. The normalized spacial score (nSPS) is 19.6. The molecule has 1 atom stereocenters. The SMILES string of the molecule is O=C(c1cc(Br)c[nH]1)N1CCCC(c2ccn[nH]2)C1. The molecule has 1 saturated heterocycles. The Hall–Kier alpha value is -1.56. The summed E-state index contributed by atoms with van der Waals surface area (Å²) >= 11 is 3.35. The Bertz CT molecular complexity index is 563. The van der Waals surface area contributed by atoms with Gasteiger partial charge in [-0.2, -0.15) is 5.10 Å². The lowest BCUT2D eigenvalue weighted by Gasteiger charge is -2.31. The predicted molar refractivity (Wildman–Crippen MR) is 75.0 cm³/mol. The third-order valence-electron chi connectivity index (χ3n) is 3.55. The molecule has 0 spiro atoms. The molecular formula is C13H15BrN4O. The van der Waals surface area contributed by atoms with Gasteiger partial charge in [0.2, 0.25) is 0 Å². The van der Waals surface area contributed by atoms with Crippen molar-refractivity contribution in [2.45, 2.75) is 18.8 Å². The molecule has 0 bridgehead atoms. The van der Waals surface area contributed by atoms with Crippen LogP contribution in [0.15, 0.2) is 29.0 Å². The fourth-order valence-corrected chi connectivity index (χ4v) is 2.91. The highest BCUT2D eigenvalue weighted by Crippen LogP contribution is 2.26. The first-order valence-corrected chi connectivity index (χ1v) is 7.16. The molecule has 0 aromatic carbocycles. The minimum absolute atomic E-state index is 0.0647. The van der Waals surface area contributed by atoms with Crippen LogP contribution < -0.4 is 0 Å². The van der Waals surface area contributed by atoms with Crippen molar-refractivity contribution in [2.75, 3.05) is 13.1 Å². The number of halogens is 1. The Morgan fingerprint density at radius 1 is 1.53 bits per heavy atom. The molecule has 19 heavy (non-hydrogen) atoms. The predicted octanol–water partition coefficient (Wildman–Crippen LogP) is 2.52. The maximum atomic E-state index is 12.4. The molecule has 0 radical (unpaired) electrons. The van der Waals surface area contributed by atoms with Gasteiger partial charge in [-0.05, 0) is 40.9 Å². The molecule has 0 aliphatic carbocycles. The van der Waals surface area contributed by atoms with Crippen molar-refractivity contribution in [3.05, 3.63) is 40.4 Å². The van der Waals surface area contributed by atoms with Crippen LogP contribution in [0.2, 0.25) is 0 Å². The zero-order valence-electron chi connectivity index (χ0n) is 10.4. The quantitative estimate of drug-likeness (QED) is 0.892. The van der Waals surface area contributed by atoms with Crippen LogP contribution in [0.5, 0.6) is 0 Å². The first-order valence-electron chi connectivity index (χ1n) is 6.36. The van der Waals surface area contributed by atoms with E-state index in [1.54, 1.807) is 12.4 Å². The van der Waals surface area contributed by atoms with Crippen molar-refractivity contribution < 1.29 is 4.79 Å². The average Bonchev–Trinajstić information content (AvgIpc) is 3.09. The Labute approximate surface area is 119 Å². The van der Waals surface area contributed by atoms with E-state index in [9.17, 15) is 4.79 Å². The Kier molecular flexibility index (Phi) is 3.42. The Balaban J connectivity index is 1.73. The van der Waals surface area contributed by atoms with E-state index in [0.717, 1.165) is 36.1 Å². The molecular weight excluding hydrogens is 308 g/mol. The largest absolute Gasteiger partial charge is 0.356 e. The van der Waals surface area contributed by atoms with Gasteiger partial charge in [-0.1, -0.05) is 0 Å². The number of aromatic amines is 2. The maximum Gasteiger partial charge on any atom is 0.270 e. The van der Waals surface area contributed by atoms with Crippen LogP contribution in [0.25, 0.3) is 0 Å². The van der Waals surface area contributed by atoms with E-state index in [4.69, 9.17) is 0 Å². The Morgan fingerprint density at radius 2 is 2.42 bits per heavy atom. The number of carbonyl (C=O) groups excluding carboxylic acids is 1. The van der Waals surface area contributed by atoms with Gasteiger partial charge in [0.05, 0.1) is 0 Å². The second-order valence-electron chi connectivity index (χ2n) is 4.83. The van der Waals surface area contributed by atoms with Crippen LogP contribution in [-0.4, -0.2) is 39.1 Å². The van der Waals surface area contributed by atoms with Crippen molar-refractivity contribution in [1.29, 1.82) is 0 Å². The number of hydrogen-bond acceptors (Lipinski definition) is 2. The second kappa shape index (κ2) is 5.21. The lowest BCUT2D eigenvalue weighted by atomic mass is 9.95. The first-order chi connectivity index (χ1) is 9.24. The number of amides is 1. The standard InChI is InChI=1S/C13H15BrN4O/c14-10-6-12(15-7-10)13(19)18-5-1-2-9(8-18)11-3-4-16-17-11/h3-4,6-7,9,15H,1-2,5,8H2,(H,16,17). The monoisotopic (exact) mass is 322 g/mol. The van der Waals surface area contributed by atoms with Gasteiger partial charge >= 0.3 is 0 Å². The van der Waals surface area contributed by atoms with Crippen LogP contribution in [0, 0.1) is 0 Å². The van der Waals surface area contributed by atoms with Gasteiger partial charge in [0, 0.05) is 41.6 Å². The van der Waals surface area contributed by atoms with Crippen molar-refractivity contribution in [2.24, 2.45) is 0 Å². The molecule has 2 aromatic heterocycles. The summed E-state index contributed by atoms with van der Waals surface area (Å²) in [6, 6.07) is 3.81. The van der Waals surface area contributed by atoms with Gasteiger partial charge in [0.1, 0.15) is 5.69 Å². The third-order valence-corrected chi connectivity index (χ3v) is 4.01. The topological polar surface area (TPSA) is 64.8 Å². The van der Waals surface area contributed by atoms with Crippen molar-refractivity contribution in [3.63, 3.8) is 0 Å². The number of carbonyl (C=O) groups is 1. The highest BCUT2D eigenvalue weighted by molar-refractivity contribution is 9.10. The van der Waals surface area contributed by atoms with Crippen LogP contribution in [0.4, 0.5) is 0 Å². The summed E-state index contributed by atoms with van der Waals surface area (Å²) in [6.45, 7) is 1.57. The van der Waals surface area contributed by atoms with Crippen LogP contribution >= 0.6 is 15.9 Å². The number of rotatable bonds is 2. The van der Waals surface area contributed by atoms with E-state index in [1.165, 1.54) is 0 Å². The lowest BCUT2D eigenvalue weighted by molar-refractivity contribution is 0.0700. The molecule has 1 aliphatic heterocycles. The van der Waals surface area contributed by atoms with Crippen molar-refractivity contribution in [3.8, 4) is 0 Å². The van der Waals surface area contributed by atoms with Crippen LogP contribution in [0.3, 0.4) is 0 Å². The number of likely N-dealkylation sites (tertiary alicyclic amines) is 1. The molecule has 6 heteroatoms. The van der Waals surface area contributed by atoms with E-state index in [1.807, 2.05) is 17.0 Å². The fraction of sp³-hybridized carbons (Fsp3) is 0.385. The molecule has 100 valence electrons. The highest BCUT2D eigenvalue weighted by atomic mass is 79.9. The lowest BCUT2D eigenvalue weighted by Crippen LogP contribution is -2.39. The molecule has 2 aromatic rings. The number of hydrogen-bond donors (Lipinski definition) is 2. The number of nitrogens with zero attached hydrogens (tertiary/aromatic N) is 2. The highest BCUT2D eigenvalue weighted by Gasteiger charge is 2.26. The number of nitrogens with one attached hydrogen (secondary N) is 2. The van der Waals surface area contributed by atoms with Gasteiger partial charge in [0.25, 0.3) is 5.91 Å². The van der Waals surface area contributed by atoms with Crippen molar-refractivity contribution >= 4 is 21.8 Å². The first kappa shape index (κ1) is 12.5. The van der Waals surface area contributed by atoms with Crippen molar-refractivity contribution in [1.82, 2.24) is 20.1 Å². The third kappa shape index (κ3) is 2.58. The van der Waals surface area contributed by atoms with Gasteiger partial charge in [-0.25, -0.2) is 0 Å². The molecule has 3 rings (SSSR count). The van der Waals surface area contributed by atoms with Gasteiger partial charge in [0.15, 0.2) is 0 Å². The minimum Gasteiger partial charge on any atom is -0.356 e. The van der Waals surface area contributed by atoms with E-state index in [2.05, 4.69) is 31.1 Å². The van der Waals surface area contributed by atoms with E-state index >= 15 is 0 Å². The summed E-state index contributed by atoms with van der Waals surface area (Å²) in [5.41, 5.74) is 1.75. The second-order valence-corrected chi connectivity index (χ2v) is 5.75. The summed E-state index contributed by atoms with van der Waals surface area (Å²) < 4.78 is 0.901. The molecule has 3 heterocycles. The van der Waals surface area contributed by atoms with Crippen LogP contribution in [0.1, 0.15) is 34.9 Å². The molecule has 1 amide bonds. The molecule has 5 nitrogen and oxygen atoms in total. The van der Waals surface area contributed by atoms with Gasteiger partial charge < -0.3 is 9.88 Å². The summed E-state index contributed by atoms with van der Waals surface area (Å²) in [4.78, 5) is 17.3. The van der Waals surface area contributed by atoms with E-state index < -0.39 is 0 Å². The number of piperidine rings is 1. The summed E-state index contributed by atoms with van der Waals surface area (Å²) in [7, 11) is 0. The molecule has 0 saturated carbocycles. The van der Waals surface area contributed by atoms with Crippen LogP contribution in [-0.2, 0) is 0 Å².